The minimum absolute atomic E-state index is 0. The van der Waals surface area contributed by atoms with Crippen LogP contribution in [-0.2, 0) is 13.0 Å². The summed E-state index contributed by atoms with van der Waals surface area (Å²) in [5.41, 5.74) is 2.08. The van der Waals surface area contributed by atoms with Crippen molar-refractivity contribution in [3.8, 4) is 5.75 Å². The van der Waals surface area contributed by atoms with E-state index in [1.807, 2.05) is 6.20 Å². The normalized spacial score (nSPS) is 11.7. The number of nitrogens with zero attached hydrogens (tertiary/aromatic N) is 2. The van der Waals surface area contributed by atoms with E-state index in [1.54, 1.807) is 18.4 Å². The Morgan fingerprint density at radius 3 is 2.56 bits per heavy atom. The van der Waals surface area contributed by atoms with Gasteiger partial charge in [-0.25, -0.2) is 4.98 Å². The largest absolute Gasteiger partial charge is 0.488 e. The second-order valence-corrected chi connectivity index (χ2v) is 8.61. The number of thiazole rings is 1. The number of hydrogen-bond donors (Lipinski definition) is 2. The summed E-state index contributed by atoms with van der Waals surface area (Å²) >= 11 is 1.74. The maximum atomic E-state index is 6.11. The fourth-order valence-corrected chi connectivity index (χ4v) is 3.22. The van der Waals surface area contributed by atoms with Gasteiger partial charge in [0.05, 0.1) is 5.01 Å². The lowest BCUT2D eigenvalue weighted by atomic mass is 10.1. The van der Waals surface area contributed by atoms with Crippen molar-refractivity contribution in [2.24, 2.45) is 4.99 Å². The molecule has 0 amide bonds. The van der Waals surface area contributed by atoms with Gasteiger partial charge >= 0.3 is 0 Å². The first kappa shape index (κ1) is 23.7. The average Bonchev–Trinajstić information content (AvgIpc) is 2.96. The molecule has 150 valence electrons. The lowest BCUT2D eigenvalue weighted by molar-refractivity contribution is 0.129. The summed E-state index contributed by atoms with van der Waals surface area (Å²) in [5.74, 6) is 1.69. The number of guanidine groups is 1. The van der Waals surface area contributed by atoms with Crippen molar-refractivity contribution in [3.05, 3.63) is 45.4 Å². The highest BCUT2D eigenvalue weighted by atomic mass is 127. The van der Waals surface area contributed by atoms with E-state index in [4.69, 9.17) is 4.74 Å². The number of halogens is 1. The molecule has 2 rings (SSSR count). The maximum absolute atomic E-state index is 6.11. The van der Waals surface area contributed by atoms with Gasteiger partial charge < -0.3 is 15.4 Å². The van der Waals surface area contributed by atoms with E-state index in [1.165, 1.54) is 10.4 Å². The Bertz CT molecular complexity index is 753. The standard InChI is InChI=1S/C20H30N4OS.HI/c1-14-7-8-16(17(11-14)25-20(3,4)5)13-24-19(21-6)22-10-9-18-23-12-15(2)26-18;/h7-8,11-12H,9-10,13H2,1-6H3,(H2,21,22,24);1H. The van der Waals surface area contributed by atoms with E-state index in [0.717, 1.165) is 35.2 Å². The van der Waals surface area contributed by atoms with Crippen LogP contribution in [0, 0.1) is 13.8 Å². The summed E-state index contributed by atoms with van der Waals surface area (Å²) in [6.07, 6.45) is 2.81. The Hall–Kier alpha value is -1.35. The fraction of sp³-hybridized carbons (Fsp3) is 0.500. The Morgan fingerprint density at radius 1 is 1.22 bits per heavy atom. The molecular weight excluding hydrogens is 471 g/mol. The lowest BCUT2D eigenvalue weighted by Crippen LogP contribution is -2.38. The van der Waals surface area contributed by atoms with E-state index in [0.29, 0.717) is 6.54 Å². The predicted molar refractivity (Wildman–Crippen MR) is 126 cm³/mol. The molecule has 0 aliphatic rings. The van der Waals surface area contributed by atoms with Gasteiger partial charge in [0.15, 0.2) is 5.96 Å². The zero-order valence-electron chi connectivity index (χ0n) is 17.0. The van der Waals surface area contributed by atoms with E-state index in [2.05, 4.69) is 73.4 Å². The van der Waals surface area contributed by atoms with Gasteiger partial charge in [0.2, 0.25) is 0 Å². The molecule has 27 heavy (non-hydrogen) atoms. The van der Waals surface area contributed by atoms with Crippen molar-refractivity contribution in [2.45, 2.75) is 53.2 Å². The number of rotatable bonds is 6. The highest BCUT2D eigenvalue weighted by Crippen LogP contribution is 2.24. The molecule has 0 unspecified atom stereocenters. The molecule has 2 aromatic rings. The topological polar surface area (TPSA) is 58.5 Å². The minimum atomic E-state index is -0.228. The van der Waals surface area contributed by atoms with Gasteiger partial charge in [-0.3, -0.25) is 4.99 Å². The summed E-state index contributed by atoms with van der Waals surface area (Å²) in [4.78, 5) is 9.93. The molecule has 0 aliphatic heterocycles. The van der Waals surface area contributed by atoms with Gasteiger partial charge in [-0.05, 0) is 46.2 Å². The van der Waals surface area contributed by atoms with Crippen LogP contribution in [0.5, 0.6) is 5.75 Å². The average molecular weight is 502 g/mol. The summed E-state index contributed by atoms with van der Waals surface area (Å²) in [7, 11) is 1.78. The number of nitrogens with one attached hydrogen (secondary N) is 2. The highest BCUT2D eigenvalue weighted by Gasteiger charge is 2.15. The summed E-state index contributed by atoms with van der Waals surface area (Å²) in [5, 5.41) is 7.85. The van der Waals surface area contributed by atoms with Gasteiger partial charge in [0.25, 0.3) is 0 Å². The zero-order valence-corrected chi connectivity index (χ0v) is 20.2. The van der Waals surface area contributed by atoms with Gasteiger partial charge in [-0.2, -0.15) is 0 Å². The molecule has 0 saturated heterocycles. The number of aryl methyl sites for hydroxylation is 2. The number of ether oxygens (including phenoxy) is 1. The first-order valence-corrected chi connectivity index (χ1v) is 9.73. The molecule has 7 heteroatoms. The van der Waals surface area contributed by atoms with Crippen molar-refractivity contribution < 1.29 is 4.74 Å². The van der Waals surface area contributed by atoms with E-state index >= 15 is 0 Å². The van der Waals surface area contributed by atoms with Crippen LogP contribution in [0.2, 0.25) is 0 Å². The smallest absolute Gasteiger partial charge is 0.191 e. The van der Waals surface area contributed by atoms with Gasteiger partial charge in [0.1, 0.15) is 11.4 Å². The Balaban J connectivity index is 0.00000364. The lowest BCUT2D eigenvalue weighted by Gasteiger charge is -2.24. The molecule has 0 aliphatic carbocycles. The molecule has 1 heterocycles. The molecule has 1 aromatic carbocycles. The van der Waals surface area contributed by atoms with Crippen molar-refractivity contribution in [1.29, 1.82) is 0 Å². The van der Waals surface area contributed by atoms with E-state index in [9.17, 15) is 0 Å². The molecule has 0 saturated carbocycles. The molecule has 5 nitrogen and oxygen atoms in total. The first-order valence-electron chi connectivity index (χ1n) is 8.91. The second kappa shape index (κ2) is 10.8. The minimum Gasteiger partial charge on any atom is -0.488 e. The fourth-order valence-electron chi connectivity index (χ4n) is 2.44. The molecule has 0 radical (unpaired) electrons. The van der Waals surface area contributed by atoms with Gasteiger partial charge in [-0.15, -0.1) is 35.3 Å². The number of aromatic nitrogens is 1. The quantitative estimate of drug-likeness (QED) is 0.348. The summed E-state index contributed by atoms with van der Waals surface area (Å²) in [6, 6.07) is 6.30. The van der Waals surface area contributed by atoms with Gasteiger partial charge in [-0.1, -0.05) is 12.1 Å². The summed E-state index contributed by atoms with van der Waals surface area (Å²) < 4.78 is 6.11. The monoisotopic (exact) mass is 502 g/mol. The van der Waals surface area contributed by atoms with Crippen molar-refractivity contribution >= 4 is 41.3 Å². The van der Waals surface area contributed by atoms with Crippen LogP contribution in [0.1, 0.15) is 41.8 Å². The number of benzene rings is 1. The maximum Gasteiger partial charge on any atom is 0.191 e. The van der Waals surface area contributed by atoms with Crippen LogP contribution in [0.3, 0.4) is 0 Å². The molecule has 0 fully saturated rings. The third-order valence-electron chi connectivity index (χ3n) is 3.61. The van der Waals surface area contributed by atoms with Crippen LogP contribution >= 0.6 is 35.3 Å². The molecule has 0 atom stereocenters. The van der Waals surface area contributed by atoms with Crippen molar-refractivity contribution in [1.82, 2.24) is 15.6 Å². The van der Waals surface area contributed by atoms with Gasteiger partial charge in [0, 0.05) is 43.2 Å². The van der Waals surface area contributed by atoms with Crippen molar-refractivity contribution in [3.63, 3.8) is 0 Å². The van der Waals surface area contributed by atoms with E-state index < -0.39 is 0 Å². The Kier molecular flexibility index (Phi) is 9.52. The Labute approximate surface area is 184 Å². The Morgan fingerprint density at radius 2 is 1.96 bits per heavy atom. The molecule has 0 spiro atoms. The number of aliphatic imine (C=N–C) groups is 1. The molecular formula is C20H31IN4OS. The SMILES string of the molecule is CN=C(NCCc1ncc(C)s1)NCc1ccc(C)cc1OC(C)(C)C.I. The van der Waals surface area contributed by atoms with Crippen LogP contribution in [0.25, 0.3) is 0 Å². The first-order chi connectivity index (χ1) is 12.3. The van der Waals surface area contributed by atoms with Crippen LogP contribution in [0.15, 0.2) is 29.4 Å². The predicted octanol–water partition coefficient (Wildman–Crippen LogP) is 4.46. The third-order valence-corrected chi connectivity index (χ3v) is 4.58. The molecule has 2 N–H and O–H groups in total. The molecule has 0 bridgehead atoms. The molecule has 1 aromatic heterocycles. The van der Waals surface area contributed by atoms with Crippen molar-refractivity contribution in [2.75, 3.05) is 13.6 Å². The second-order valence-electron chi connectivity index (χ2n) is 7.29. The van der Waals surface area contributed by atoms with E-state index in [-0.39, 0.29) is 29.6 Å². The van der Waals surface area contributed by atoms with Crippen LogP contribution in [0.4, 0.5) is 0 Å². The van der Waals surface area contributed by atoms with Crippen LogP contribution in [-0.4, -0.2) is 30.1 Å². The summed E-state index contributed by atoms with van der Waals surface area (Å²) in [6.45, 7) is 11.8. The third kappa shape index (κ3) is 8.47. The number of hydrogen-bond acceptors (Lipinski definition) is 4. The van der Waals surface area contributed by atoms with Crippen LogP contribution < -0.4 is 15.4 Å². The zero-order chi connectivity index (χ0) is 19.2. The highest BCUT2D eigenvalue weighted by molar-refractivity contribution is 14.0.